The van der Waals surface area contributed by atoms with Crippen LogP contribution in [0.2, 0.25) is 0 Å². The molecule has 0 aromatic heterocycles. The van der Waals surface area contributed by atoms with E-state index < -0.39 is 11.7 Å². The van der Waals surface area contributed by atoms with Crippen molar-refractivity contribution in [3.63, 3.8) is 0 Å². The summed E-state index contributed by atoms with van der Waals surface area (Å²) in [6.07, 6.45) is -1.86. The van der Waals surface area contributed by atoms with Crippen molar-refractivity contribution in [1.82, 2.24) is 0 Å². The van der Waals surface area contributed by atoms with Crippen molar-refractivity contribution >= 4 is 22.6 Å². The number of thioether (sulfide) groups is 1. The zero-order valence-corrected chi connectivity index (χ0v) is 13.0. The Labute approximate surface area is 131 Å². The number of carbonyl (C=O) groups excluding carboxylic acids is 1. The van der Waals surface area contributed by atoms with Crippen molar-refractivity contribution in [3.05, 3.63) is 51.9 Å². The number of hydrogen-bond donors (Lipinski definition) is 0. The Morgan fingerprint density at radius 3 is 2.45 bits per heavy atom. The van der Waals surface area contributed by atoms with E-state index in [0.717, 1.165) is 22.6 Å². The quantitative estimate of drug-likeness (QED) is 0.729. The van der Waals surface area contributed by atoms with Crippen molar-refractivity contribution in [2.75, 3.05) is 6.61 Å². The van der Waals surface area contributed by atoms with Crippen LogP contribution in [-0.4, -0.2) is 12.6 Å². The van der Waals surface area contributed by atoms with Gasteiger partial charge in [0.15, 0.2) is 0 Å². The molecule has 0 spiro atoms. The van der Waals surface area contributed by atoms with E-state index in [1.54, 1.807) is 6.92 Å². The Kier molecular flexibility index (Phi) is 5.01. The molecule has 22 heavy (non-hydrogen) atoms. The van der Waals surface area contributed by atoms with Crippen molar-refractivity contribution in [1.29, 1.82) is 0 Å². The first kappa shape index (κ1) is 16.7. The molecular weight excluding hydrogens is 313 g/mol. The van der Waals surface area contributed by atoms with Crippen LogP contribution in [0.3, 0.4) is 0 Å². The highest BCUT2D eigenvalue weighted by molar-refractivity contribution is 8.12. The number of halogens is 3. The molecule has 0 bridgehead atoms. The molecule has 1 heterocycles. The van der Waals surface area contributed by atoms with Gasteiger partial charge < -0.3 is 4.74 Å². The van der Waals surface area contributed by atoms with Gasteiger partial charge in [-0.3, -0.25) is 0 Å². The Morgan fingerprint density at radius 2 is 1.91 bits per heavy atom. The van der Waals surface area contributed by atoms with Crippen molar-refractivity contribution in [2.45, 2.75) is 26.4 Å². The Hall–Kier alpha value is -1.69. The van der Waals surface area contributed by atoms with Crippen LogP contribution in [0.5, 0.6) is 0 Å². The highest BCUT2D eigenvalue weighted by atomic mass is 32.2. The molecule has 1 aromatic rings. The lowest BCUT2D eigenvalue weighted by Gasteiger charge is -2.18. The lowest BCUT2D eigenvalue weighted by Crippen LogP contribution is -2.09. The number of esters is 1. The second-order valence-electron chi connectivity index (χ2n) is 4.78. The average Bonchev–Trinajstić information content (AvgIpc) is 2.47. The highest BCUT2D eigenvalue weighted by Gasteiger charge is 2.30. The normalized spacial score (nSPS) is 15.6. The monoisotopic (exact) mass is 328 g/mol. The Morgan fingerprint density at radius 1 is 1.27 bits per heavy atom. The minimum atomic E-state index is -4.35. The fourth-order valence-electron chi connectivity index (χ4n) is 1.99. The van der Waals surface area contributed by atoms with E-state index in [0.29, 0.717) is 16.9 Å². The maximum Gasteiger partial charge on any atom is 0.416 e. The van der Waals surface area contributed by atoms with E-state index in [2.05, 4.69) is 0 Å². The summed E-state index contributed by atoms with van der Waals surface area (Å²) in [6, 6.07) is 4.94. The molecule has 0 N–H and O–H groups in total. The number of allylic oxidation sites excluding steroid dienone is 2. The summed E-state index contributed by atoms with van der Waals surface area (Å²) in [5.41, 5.74) is 0.876. The fourth-order valence-corrected chi connectivity index (χ4v) is 3.03. The van der Waals surface area contributed by atoms with Gasteiger partial charge in [0.2, 0.25) is 0 Å². The second-order valence-corrected chi connectivity index (χ2v) is 5.83. The molecule has 1 aromatic carbocycles. The van der Waals surface area contributed by atoms with Crippen LogP contribution in [0.25, 0.3) is 4.91 Å². The molecule has 0 unspecified atom stereocenters. The summed E-state index contributed by atoms with van der Waals surface area (Å²) >= 11 is 1.24. The van der Waals surface area contributed by atoms with Gasteiger partial charge in [0.25, 0.3) is 0 Å². The van der Waals surface area contributed by atoms with Crippen LogP contribution in [0.1, 0.15) is 31.4 Å². The molecule has 2 nitrogen and oxygen atoms in total. The summed E-state index contributed by atoms with van der Waals surface area (Å²) in [4.78, 5) is 13.2. The molecule has 6 heteroatoms. The van der Waals surface area contributed by atoms with Gasteiger partial charge in [0.1, 0.15) is 0 Å². The number of benzene rings is 1. The van der Waals surface area contributed by atoms with Crippen molar-refractivity contribution < 1.29 is 22.7 Å². The van der Waals surface area contributed by atoms with Crippen LogP contribution in [0.4, 0.5) is 13.2 Å². The SMILES string of the molecule is CCOC(=O)C1=C(C)CC=C(c2ccc(C(F)(F)F)cc2)S1. The minimum absolute atomic E-state index is 0.287. The van der Waals surface area contributed by atoms with Crippen molar-refractivity contribution in [2.24, 2.45) is 0 Å². The van der Waals surface area contributed by atoms with E-state index in [1.807, 2.05) is 13.0 Å². The van der Waals surface area contributed by atoms with Crippen LogP contribution < -0.4 is 0 Å². The first-order chi connectivity index (χ1) is 10.3. The third-order valence-electron chi connectivity index (χ3n) is 3.15. The van der Waals surface area contributed by atoms with Gasteiger partial charge >= 0.3 is 12.1 Å². The standard InChI is InChI=1S/C16H15F3O2S/c1-3-21-15(20)14-10(2)4-9-13(22-14)11-5-7-12(8-6-11)16(17,18)19/h5-9H,3-4H2,1-2H3. The minimum Gasteiger partial charge on any atom is -0.462 e. The molecule has 0 radical (unpaired) electrons. The molecule has 0 saturated heterocycles. The number of ether oxygens (including phenoxy) is 1. The van der Waals surface area contributed by atoms with Gasteiger partial charge in [-0.05, 0) is 43.5 Å². The van der Waals surface area contributed by atoms with E-state index in [9.17, 15) is 18.0 Å². The number of rotatable bonds is 3. The predicted molar refractivity (Wildman–Crippen MR) is 81.0 cm³/mol. The molecule has 0 atom stereocenters. The first-order valence-electron chi connectivity index (χ1n) is 6.75. The highest BCUT2D eigenvalue weighted by Crippen LogP contribution is 2.41. The van der Waals surface area contributed by atoms with E-state index in [1.165, 1.54) is 23.9 Å². The topological polar surface area (TPSA) is 26.3 Å². The van der Waals surface area contributed by atoms with Crippen LogP contribution >= 0.6 is 11.8 Å². The zero-order valence-electron chi connectivity index (χ0n) is 12.2. The zero-order chi connectivity index (χ0) is 16.3. The van der Waals surface area contributed by atoms with Gasteiger partial charge in [0.05, 0.1) is 17.1 Å². The largest absolute Gasteiger partial charge is 0.462 e. The molecule has 0 amide bonds. The Bertz CT molecular complexity index is 628. The summed E-state index contributed by atoms with van der Waals surface area (Å²) < 4.78 is 42.7. The van der Waals surface area contributed by atoms with Crippen LogP contribution in [-0.2, 0) is 15.7 Å². The summed E-state index contributed by atoms with van der Waals surface area (Å²) in [5, 5.41) is 0. The summed E-state index contributed by atoms with van der Waals surface area (Å²) in [6.45, 7) is 3.86. The van der Waals surface area contributed by atoms with Gasteiger partial charge in [-0.1, -0.05) is 30.0 Å². The average molecular weight is 328 g/mol. The fraction of sp³-hybridized carbons (Fsp3) is 0.312. The lowest BCUT2D eigenvalue weighted by molar-refractivity contribution is -0.138. The smallest absolute Gasteiger partial charge is 0.416 e. The van der Waals surface area contributed by atoms with E-state index >= 15 is 0 Å². The van der Waals surface area contributed by atoms with E-state index in [4.69, 9.17) is 4.74 Å². The molecule has 1 aliphatic rings. The number of carbonyl (C=O) groups is 1. The van der Waals surface area contributed by atoms with Gasteiger partial charge in [-0.25, -0.2) is 4.79 Å². The molecule has 0 saturated carbocycles. The summed E-state index contributed by atoms with van der Waals surface area (Å²) in [5.74, 6) is -0.387. The number of alkyl halides is 3. The van der Waals surface area contributed by atoms with Gasteiger partial charge in [-0.2, -0.15) is 13.2 Å². The molecule has 0 fully saturated rings. The van der Waals surface area contributed by atoms with E-state index in [-0.39, 0.29) is 12.6 Å². The maximum absolute atomic E-state index is 12.6. The molecule has 118 valence electrons. The lowest BCUT2D eigenvalue weighted by atomic mass is 10.1. The van der Waals surface area contributed by atoms with Gasteiger partial charge in [-0.15, -0.1) is 0 Å². The van der Waals surface area contributed by atoms with Crippen LogP contribution in [0, 0.1) is 0 Å². The molecule has 2 rings (SSSR count). The number of hydrogen-bond acceptors (Lipinski definition) is 3. The second kappa shape index (κ2) is 6.60. The maximum atomic E-state index is 12.6. The van der Waals surface area contributed by atoms with Crippen molar-refractivity contribution in [3.8, 4) is 0 Å². The molecule has 1 aliphatic heterocycles. The predicted octanol–water partition coefficient (Wildman–Crippen LogP) is 5.02. The third kappa shape index (κ3) is 3.74. The summed E-state index contributed by atoms with van der Waals surface area (Å²) in [7, 11) is 0. The Balaban J connectivity index is 2.19. The first-order valence-corrected chi connectivity index (χ1v) is 7.57. The third-order valence-corrected chi connectivity index (χ3v) is 4.49. The van der Waals surface area contributed by atoms with Gasteiger partial charge in [0, 0.05) is 4.91 Å². The molecule has 0 aliphatic carbocycles. The molecular formula is C16H15F3O2S. The van der Waals surface area contributed by atoms with Crippen LogP contribution in [0.15, 0.2) is 40.8 Å².